The highest BCUT2D eigenvalue weighted by atomic mass is 32.2. The first-order valence-corrected chi connectivity index (χ1v) is 12.7. The van der Waals surface area contributed by atoms with E-state index < -0.39 is 0 Å². The van der Waals surface area contributed by atoms with Crippen LogP contribution >= 0.6 is 10.7 Å². The minimum atomic E-state index is -0.231. The highest BCUT2D eigenvalue weighted by molar-refractivity contribution is 8.12. The summed E-state index contributed by atoms with van der Waals surface area (Å²) >= 11 is 0. The van der Waals surface area contributed by atoms with Crippen LogP contribution in [0.4, 0.5) is 0 Å². The van der Waals surface area contributed by atoms with E-state index in [-0.39, 0.29) is 10.7 Å². The SMILES string of the molecule is C=S(c1cc(C)cc(C)c1C)N(Cc1cccc(-c2ccccc2)c1)CC1C=CC=CC1. The number of rotatable bonds is 7. The van der Waals surface area contributed by atoms with Gasteiger partial charge in [0, 0.05) is 18.0 Å². The topological polar surface area (TPSA) is 3.24 Å². The first kappa shape index (κ1) is 22.5. The summed E-state index contributed by atoms with van der Waals surface area (Å²) in [6.07, 6.45) is 10.1. The van der Waals surface area contributed by atoms with Crippen molar-refractivity contribution in [3.8, 4) is 11.1 Å². The van der Waals surface area contributed by atoms with Crippen LogP contribution in [0.25, 0.3) is 11.1 Å². The van der Waals surface area contributed by atoms with E-state index in [0.717, 1.165) is 19.5 Å². The summed E-state index contributed by atoms with van der Waals surface area (Å²) in [5.74, 6) is 5.23. The zero-order valence-electron chi connectivity index (χ0n) is 19.4. The zero-order chi connectivity index (χ0) is 22.5. The molecule has 1 nitrogen and oxygen atoms in total. The second-order valence-electron chi connectivity index (χ2n) is 8.77. The molecule has 0 saturated heterocycles. The van der Waals surface area contributed by atoms with E-state index in [1.54, 1.807) is 0 Å². The lowest BCUT2D eigenvalue weighted by Gasteiger charge is -2.30. The van der Waals surface area contributed by atoms with Gasteiger partial charge in [-0.05, 0) is 78.6 Å². The quantitative estimate of drug-likeness (QED) is 0.338. The Morgan fingerprint density at radius 2 is 1.69 bits per heavy atom. The van der Waals surface area contributed by atoms with Crippen LogP contribution in [-0.2, 0) is 6.54 Å². The van der Waals surface area contributed by atoms with Gasteiger partial charge in [0.2, 0.25) is 0 Å². The molecule has 2 heteroatoms. The average Bonchev–Trinajstić information content (AvgIpc) is 2.82. The molecule has 0 fully saturated rings. The van der Waals surface area contributed by atoms with Gasteiger partial charge in [0.25, 0.3) is 0 Å². The number of allylic oxidation sites excluding steroid dienone is 3. The molecule has 0 spiro atoms. The van der Waals surface area contributed by atoms with E-state index in [1.165, 1.54) is 38.3 Å². The van der Waals surface area contributed by atoms with Crippen LogP contribution in [0.15, 0.2) is 95.9 Å². The molecule has 0 amide bonds. The van der Waals surface area contributed by atoms with Gasteiger partial charge in [-0.1, -0.05) is 95.4 Å². The summed E-state index contributed by atoms with van der Waals surface area (Å²) in [5, 5.41) is 0. The Morgan fingerprint density at radius 1 is 0.906 bits per heavy atom. The Morgan fingerprint density at radius 3 is 2.44 bits per heavy atom. The maximum Gasteiger partial charge on any atom is 0.0339 e. The summed E-state index contributed by atoms with van der Waals surface area (Å²) in [4.78, 5) is 1.37. The molecule has 2 unspecified atom stereocenters. The largest absolute Gasteiger partial charge is 0.248 e. The van der Waals surface area contributed by atoms with Crippen molar-refractivity contribution in [3.63, 3.8) is 0 Å². The molecule has 2 atom stereocenters. The van der Waals surface area contributed by atoms with Crippen molar-refractivity contribution in [2.24, 2.45) is 5.92 Å². The lowest BCUT2D eigenvalue weighted by atomic mass is 10.0. The minimum Gasteiger partial charge on any atom is -0.248 e. The van der Waals surface area contributed by atoms with E-state index >= 15 is 0 Å². The summed E-state index contributed by atoms with van der Waals surface area (Å²) < 4.78 is 2.58. The van der Waals surface area contributed by atoms with Crippen LogP contribution in [-0.4, -0.2) is 16.7 Å². The van der Waals surface area contributed by atoms with Crippen molar-refractivity contribution >= 4 is 16.5 Å². The van der Waals surface area contributed by atoms with Crippen molar-refractivity contribution in [2.75, 3.05) is 6.54 Å². The Bertz CT molecular complexity index is 1160. The molecule has 0 aliphatic heterocycles. The Kier molecular flexibility index (Phi) is 7.24. The van der Waals surface area contributed by atoms with Crippen molar-refractivity contribution in [1.82, 2.24) is 4.31 Å². The molecule has 0 radical (unpaired) electrons. The summed E-state index contributed by atoms with van der Waals surface area (Å²) in [7, 11) is -0.231. The zero-order valence-corrected chi connectivity index (χ0v) is 20.2. The van der Waals surface area contributed by atoms with Gasteiger partial charge in [0.05, 0.1) is 0 Å². The van der Waals surface area contributed by atoms with Gasteiger partial charge < -0.3 is 0 Å². The Balaban J connectivity index is 1.65. The highest BCUT2D eigenvalue weighted by Gasteiger charge is 2.18. The average molecular weight is 440 g/mol. The van der Waals surface area contributed by atoms with Gasteiger partial charge in [-0.3, -0.25) is 0 Å². The molecular weight excluding hydrogens is 406 g/mol. The van der Waals surface area contributed by atoms with Crippen LogP contribution < -0.4 is 0 Å². The number of aryl methyl sites for hydroxylation is 2. The van der Waals surface area contributed by atoms with Crippen molar-refractivity contribution in [1.29, 1.82) is 0 Å². The molecule has 0 aromatic heterocycles. The monoisotopic (exact) mass is 439 g/mol. The van der Waals surface area contributed by atoms with Crippen LogP contribution in [0, 0.1) is 26.7 Å². The molecular formula is C30H33NS. The van der Waals surface area contributed by atoms with E-state index in [0.29, 0.717) is 5.92 Å². The molecule has 3 aromatic rings. The Hall–Kier alpha value is -2.68. The molecule has 1 aliphatic carbocycles. The van der Waals surface area contributed by atoms with Crippen LogP contribution in [0.5, 0.6) is 0 Å². The van der Waals surface area contributed by atoms with E-state index in [2.05, 4.69) is 116 Å². The Labute approximate surface area is 196 Å². The molecule has 32 heavy (non-hydrogen) atoms. The second kappa shape index (κ2) is 10.3. The van der Waals surface area contributed by atoms with Gasteiger partial charge in [-0.15, -0.1) is 0 Å². The molecule has 0 saturated carbocycles. The van der Waals surface area contributed by atoms with Gasteiger partial charge in [0.1, 0.15) is 0 Å². The van der Waals surface area contributed by atoms with Gasteiger partial charge in [-0.25, -0.2) is 4.31 Å². The lowest BCUT2D eigenvalue weighted by molar-refractivity contribution is 0.406. The number of hydrogen-bond donors (Lipinski definition) is 0. The van der Waals surface area contributed by atoms with E-state index in [9.17, 15) is 0 Å². The molecule has 4 rings (SSSR count). The summed E-state index contributed by atoms with van der Waals surface area (Å²) in [6.45, 7) is 8.55. The smallest absolute Gasteiger partial charge is 0.0339 e. The van der Waals surface area contributed by atoms with Crippen LogP contribution in [0.1, 0.15) is 28.7 Å². The fourth-order valence-electron chi connectivity index (χ4n) is 4.33. The molecule has 3 aromatic carbocycles. The summed E-state index contributed by atoms with van der Waals surface area (Å²) in [5.41, 5.74) is 7.92. The van der Waals surface area contributed by atoms with Crippen LogP contribution in [0.3, 0.4) is 0 Å². The maximum atomic E-state index is 4.71. The van der Waals surface area contributed by atoms with E-state index in [4.69, 9.17) is 5.87 Å². The minimum absolute atomic E-state index is 0.231. The maximum absolute atomic E-state index is 4.71. The third kappa shape index (κ3) is 5.38. The molecule has 1 aliphatic rings. The predicted octanol–water partition coefficient (Wildman–Crippen LogP) is 7.89. The first-order chi connectivity index (χ1) is 15.5. The molecule has 164 valence electrons. The number of hydrogen-bond acceptors (Lipinski definition) is 1. The fourth-order valence-corrected chi connectivity index (χ4v) is 6.12. The molecule has 0 heterocycles. The molecule has 0 bridgehead atoms. The van der Waals surface area contributed by atoms with Gasteiger partial charge >= 0.3 is 0 Å². The summed E-state index contributed by atoms with van der Waals surface area (Å²) in [6, 6.07) is 24.2. The normalized spacial score (nSPS) is 16.4. The van der Waals surface area contributed by atoms with Crippen molar-refractivity contribution in [2.45, 2.75) is 38.6 Å². The second-order valence-corrected chi connectivity index (χ2v) is 10.5. The number of nitrogens with zero attached hydrogens (tertiary/aromatic N) is 1. The van der Waals surface area contributed by atoms with E-state index in [1.807, 2.05) is 0 Å². The number of benzene rings is 3. The van der Waals surface area contributed by atoms with Gasteiger partial charge in [-0.2, -0.15) is 0 Å². The van der Waals surface area contributed by atoms with Crippen molar-refractivity contribution < 1.29 is 0 Å². The third-order valence-corrected chi connectivity index (χ3v) is 8.06. The third-order valence-electron chi connectivity index (χ3n) is 6.23. The fraction of sp³-hybridized carbons (Fsp3) is 0.233. The highest BCUT2D eigenvalue weighted by Crippen LogP contribution is 2.37. The van der Waals surface area contributed by atoms with Crippen LogP contribution in [0.2, 0.25) is 0 Å². The lowest BCUT2D eigenvalue weighted by Crippen LogP contribution is -2.24. The van der Waals surface area contributed by atoms with Gasteiger partial charge in [0.15, 0.2) is 0 Å². The standard InChI is InChI=1S/C30H33NS/c1-23-18-24(2)25(3)30(19-23)32(4)31(21-26-12-7-5-8-13-26)22-27-14-11-17-29(20-27)28-15-9-6-10-16-28/h5-12,14-20,26H,4,13,21-22H2,1-3H3. The predicted molar refractivity (Wildman–Crippen MR) is 142 cm³/mol. The first-order valence-electron chi connectivity index (χ1n) is 11.4. The molecule has 0 N–H and O–H groups in total. The van der Waals surface area contributed by atoms with Crippen molar-refractivity contribution in [3.05, 3.63) is 113 Å².